The Morgan fingerprint density at radius 1 is 1.48 bits per heavy atom. The molecule has 0 spiro atoms. The fourth-order valence-electron chi connectivity index (χ4n) is 2.10. The fourth-order valence-corrected chi connectivity index (χ4v) is 2.34. The van der Waals surface area contributed by atoms with Crippen molar-refractivity contribution in [1.29, 1.82) is 0 Å². The van der Waals surface area contributed by atoms with Crippen LogP contribution < -0.4 is 5.73 Å². The quantitative estimate of drug-likeness (QED) is 0.382. The first-order valence-electron chi connectivity index (χ1n) is 6.42. The maximum Gasteiger partial charge on any atom is 0.170 e. The summed E-state index contributed by atoms with van der Waals surface area (Å²) in [4.78, 5) is 2.14. The highest BCUT2D eigenvalue weighted by Crippen LogP contribution is 2.20. The average molecular weight is 308 g/mol. The van der Waals surface area contributed by atoms with Crippen molar-refractivity contribution in [3.05, 3.63) is 52.3 Å². The molecule has 0 fully saturated rings. The Morgan fingerprint density at radius 2 is 2.24 bits per heavy atom. The first kappa shape index (κ1) is 15.3. The van der Waals surface area contributed by atoms with Gasteiger partial charge in [-0.1, -0.05) is 28.9 Å². The van der Waals surface area contributed by atoms with Gasteiger partial charge in [-0.25, -0.2) is 0 Å². The van der Waals surface area contributed by atoms with Crippen molar-refractivity contribution in [3.63, 3.8) is 0 Å². The van der Waals surface area contributed by atoms with Crippen molar-refractivity contribution in [2.75, 3.05) is 7.05 Å². The average Bonchev–Trinajstić information content (AvgIpc) is 2.85. The van der Waals surface area contributed by atoms with E-state index in [1.54, 1.807) is 16.8 Å². The third kappa shape index (κ3) is 3.96. The van der Waals surface area contributed by atoms with Crippen LogP contribution in [0.5, 0.6) is 0 Å². The first-order valence-corrected chi connectivity index (χ1v) is 6.80. The minimum atomic E-state index is 0.0483. The van der Waals surface area contributed by atoms with Gasteiger partial charge in [0.15, 0.2) is 5.84 Å². The van der Waals surface area contributed by atoms with E-state index in [4.69, 9.17) is 22.5 Å². The van der Waals surface area contributed by atoms with Gasteiger partial charge in [0.1, 0.15) is 0 Å². The number of oxime groups is 1. The van der Waals surface area contributed by atoms with Crippen LogP contribution in [0.1, 0.15) is 16.7 Å². The summed E-state index contributed by atoms with van der Waals surface area (Å²) < 4.78 is 1.78. The topological polar surface area (TPSA) is 79.7 Å². The van der Waals surface area contributed by atoms with Gasteiger partial charge in [-0.2, -0.15) is 5.10 Å². The summed E-state index contributed by atoms with van der Waals surface area (Å²) in [6, 6.07) is 5.37. The van der Waals surface area contributed by atoms with Crippen LogP contribution in [0, 0.1) is 0 Å². The number of nitrogens with two attached hydrogens (primary N) is 1. The lowest BCUT2D eigenvalue weighted by Crippen LogP contribution is -2.18. The lowest BCUT2D eigenvalue weighted by molar-refractivity contribution is 0.318. The maximum atomic E-state index is 8.66. The van der Waals surface area contributed by atoms with Crippen molar-refractivity contribution in [2.24, 2.45) is 17.9 Å². The highest BCUT2D eigenvalue weighted by atomic mass is 35.5. The molecule has 112 valence electrons. The molecular weight excluding hydrogens is 290 g/mol. The molecule has 0 saturated heterocycles. The lowest BCUT2D eigenvalue weighted by atomic mass is 10.1. The van der Waals surface area contributed by atoms with E-state index in [9.17, 15) is 0 Å². The van der Waals surface area contributed by atoms with Crippen molar-refractivity contribution < 1.29 is 5.21 Å². The highest BCUT2D eigenvalue weighted by molar-refractivity contribution is 6.31. The predicted molar refractivity (Wildman–Crippen MR) is 82.3 cm³/mol. The number of nitrogens with zero attached hydrogens (tertiary/aromatic N) is 4. The van der Waals surface area contributed by atoms with Crippen LogP contribution in [0.4, 0.5) is 0 Å². The molecule has 2 aromatic rings. The largest absolute Gasteiger partial charge is 0.409 e. The highest BCUT2D eigenvalue weighted by Gasteiger charge is 2.08. The molecular formula is C14H18ClN5O. The van der Waals surface area contributed by atoms with Crippen LogP contribution in [-0.2, 0) is 20.1 Å². The van der Waals surface area contributed by atoms with E-state index >= 15 is 0 Å². The Balaban J connectivity index is 2.05. The smallest absolute Gasteiger partial charge is 0.170 e. The number of aryl methyl sites for hydroxylation is 1. The predicted octanol–water partition coefficient (Wildman–Crippen LogP) is 1.80. The molecule has 1 aromatic heterocycles. The molecule has 0 radical (unpaired) electrons. The van der Waals surface area contributed by atoms with Gasteiger partial charge in [0.25, 0.3) is 0 Å². The van der Waals surface area contributed by atoms with Gasteiger partial charge in [0.05, 0.1) is 6.20 Å². The zero-order chi connectivity index (χ0) is 15.4. The normalized spacial score (nSPS) is 12.1. The third-order valence-corrected chi connectivity index (χ3v) is 3.46. The second-order valence-electron chi connectivity index (χ2n) is 4.99. The summed E-state index contributed by atoms with van der Waals surface area (Å²) in [6.07, 6.45) is 3.83. The monoisotopic (exact) mass is 307 g/mol. The molecule has 7 heteroatoms. The van der Waals surface area contributed by atoms with Crippen LogP contribution in [-0.4, -0.2) is 32.8 Å². The molecule has 1 aromatic carbocycles. The second kappa shape index (κ2) is 6.60. The van der Waals surface area contributed by atoms with E-state index in [1.807, 2.05) is 32.6 Å². The van der Waals surface area contributed by atoms with Gasteiger partial charge in [-0.05, 0) is 18.7 Å². The number of halogens is 1. The molecule has 0 amide bonds. The van der Waals surface area contributed by atoms with E-state index < -0.39 is 0 Å². The van der Waals surface area contributed by atoms with E-state index in [0.717, 1.165) is 17.7 Å². The summed E-state index contributed by atoms with van der Waals surface area (Å²) in [5.74, 6) is 0.0483. The van der Waals surface area contributed by atoms with Gasteiger partial charge in [0.2, 0.25) is 0 Å². The van der Waals surface area contributed by atoms with Gasteiger partial charge < -0.3 is 10.9 Å². The Kier molecular flexibility index (Phi) is 4.82. The summed E-state index contributed by atoms with van der Waals surface area (Å²) in [5, 5.41) is 16.4. The van der Waals surface area contributed by atoms with E-state index in [1.165, 1.54) is 0 Å². The summed E-state index contributed by atoms with van der Waals surface area (Å²) in [7, 11) is 3.91. The van der Waals surface area contributed by atoms with Crippen LogP contribution in [0.3, 0.4) is 0 Å². The van der Waals surface area contributed by atoms with Gasteiger partial charge >= 0.3 is 0 Å². The molecule has 0 bridgehead atoms. The Bertz CT molecular complexity index is 653. The number of rotatable bonds is 5. The molecule has 0 aliphatic rings. The maximum absolute atomic E-state index is 8.66. The number of hydrogen-bond acceptors (Lipinski definition) is 4. The van der Waals surface area contributed by atoms with Gasteiger partial charge in [-0.15, -0.1) is 0 Å². The molecule has 0 unspecified atom stereocenters. The molecule has 21 heavy (non-hydrogen) atoms. The van der Waals surface area contributed by atoms with Crippen LogP contribution in [0.2, 0.25) is 5.02 Å². The molecule has 0 atom stereocenters. The molecule has 0 aliphatic heterocycles. The van der Waals surface area contributed by atoms with Crippen LogP contribution >= 0.6 is 11.6 Å². The molecule has 3 N–H and O–H groups in total. The van der Waals surface area contributed by atoms with Gasteiger partial charge in [0, 0.05) is 42.5 Å². The van der Waals surface area contributed by atoms with Crippen molar-refractivity contribution in [2.45, 2.75) is 13.1 Å². The third-order valence-electron chi connectivity index (χ3n) is 3.11. The zero-order valence-corrected chi connectivity index (χ0v) is 12.7. The zero-order valence-electron chi connectivity index (χ0n) is 12.0. The number of hydrogen-bond donors (Lipinski definition) is 2. The Labute approximate surface area is 128 Å². The Morgan fingerprint density at radius 3 is 2.81 bits per heavy atom. The van der Waals surface area contributed by atoms with Crippen LogP contribution in [0.25, 0.3) is 0 Å². The number of benzene rings is 1. The number of amidine groups is 1. The molecule has 1 heterocycles. The van der Waals surface area contributed by atoms with E-state index in [-0.39, 0.29) is 5.84 Å². The second-order valence-corrected chi connectivity index (χ2v) is 5.39. The van der Waals surface area contributed by atoms with Crippen molar-refractivity contribution >= 4 is 17.4 Å². The first-order chi connectivity index (χ1) is 9.99. The molecule has 0 saturated carbocycles. The molecule has 2 rings (SSSR count). The summed E-state index contributed by atoms with van der Waals surface area (Å²) in [5.41, 5.74) is 8.27. The van der Waals surface area contributed by atoms with E-state index in [0.29, 0.717) is 17.1 Å². The Hall–Kier alpha value is -2.05. The lowest BCUT2D eigenvalue weighted by Gasteiger charge is -2.17. The van der Waals surface area contributed by atoms with Crippen molar-refractivity contribution in [3.8, 4) is 0 Å². The summed E-state index contributed by atoms with van der Waals surface area (Å²) >= 11 is 6.25. The molecule has 6 nitrogen and oxygen atoms in total. The fraction of sp³-hybridized carbons (Fsp3) is 0.286. The summed E-state index contributed by atoms with van der Waals surface area (Å²) in [6.45, 7) is 1.48. The molecule has 0 aliphatic carbocycles. The number of aromatic nitrogens is 2. The minimum Gasteiger partial charge on any atom is -0.409 e. The van der Waals surface area contributed by atoms with Crippen LogP contribution in [0.15, 0.2) is 35.7 Å². The van der Waals surface area contributed by atoms with Gasteiger partial charge in [-0.3, -0.25) is 9.58 Å². The van der Waals surface area contributed by atoms with E-state index in [2.05, 4.69) is 15.2 Å². The SMILES string of the molecule is CN(Cc1cnn(C)c1)Cc1ccc(/C(N)=N/O)cc1Cl. The van der Waals surface area contributed by atoms with Crippen molar-refractivity contribution in [1.82, 2.24) is 14.7 Å². The standard InChI is InChI=1S/C14H18ClN5O/c1-19(7-10-6-17-20(2)8-10)9-12-4-3-11(5-13(12)15)14(16)18-21/h3-6,8,21H,7,9H2,1-2H3,(H2,16,18). The minimum absolute atomic E-state index is 0.0483.